The maximum atomic E-state index is 14.9. The highest BCUT2D eigenvalue weighted by Crippen LogP contribution is 2.34. The predicted octanol–water partition coefficient (Wildman–Crippen LogP) is 5.09. The minimum absolute atomic E-state index is 0.0870. The van der Waals surface area contributed by atoms with Crippen molar-refractivity contribution in [2.45, 2.75) is 41.5 Å². The largest absolute Gasteiger partial charge is 0.478 e. The standard InChI is InChI=1S/C21H21FN2O3/c1-9-7-15(14(6)16(8-9)21(25)26)19-23-20(27-24-19)17-12(4)10(2)11(3)13(5)18(17)22/h7-8H,1-6H3,(H,25,26). The number of nitrogens with zero attached hydrogens (tertiary/aromatic N) is 2. The van der Waals surface area contributed by atoms with E-state index in [1.807, 2.05) is 20.8 Å². The molecule has 0 bridgehead atoms. The predicted molar refractivity (Wildman–Crippen MR) is 101 cm³/mol. The number of hydrogen-bond acceptors (Lipinski definition) is 4. The third kappa shape index (κ3) is 3.01. The molecule has 0 atom stereocenters. The first-order chi connectivity index (χ1) is 12.6. The molecule has 6 heteroatoms. The van der Waals surface area contributed by atoms with Crippen LogP contribution >= 0.6 is 0 Å². The maximum Gasteiger partial charge on any atom is 0.335 e. The molecule has 3 rings (SSSR count). The van der Waals surface area contributed by atoms with Crippen LogP contribution in [-0.2, 0) is 0 Å². The van der Waals surface area contributed by atoms with Crippen LogP contribution in [0.1, 0.15) is 43.7 Å². The molecule has 0 radical (unpaired) electrons. The van der Waals surface area contributed by atoms with Crippen LogP contribution in [0.3, 0.4) is 0 Å². The summed E-state index contributed by atoms with van der Waals surface area (Å²) in [7, 11) is 0. The molecule has 0 aliphatic heterocycles. The summed E-state index contributed by atoms with van der Waals surface area (Å²) in [5.74, 6) is -1.07. The van der Waals surface area contributed by atoms with E-state index in [0.717, 1.165) is 22.3 Å². The Morgan fingerprint density at radius 2 is 1.59 bits per heavy atom. The molecule has 27 heavy (non-hydrogen) atoms. The van der Waals surface area contributed by atoms with Crippen LogP contribution in [0.4, 0.5) is 4.39 Å². The number of hydrogen-bond donors (Lipinski definition) is 1. The SMILES string of the molecule is Cc1cc(C(=O)O)c(C)c(-c2noc(-c3c(C)c(C)c(C)c(C)c3F)n2)c1. The van der Waals surface area contributed by atoms with E-state index in [0.29, 0.717) is 16.7 Å². The zero-order chi connectivity index (χ0) is 20.0. The van der Waals surface area contributed by atoms with E-state index >= 15 is 0 Å². The molecule has 2 aromatic carbocycles. The van der Waals surface area contributed by atoms with Gasteiger partial charge in [0.2, 0.25) is 5.82 Å². The lowest BCUT2D eigenvalue weighted by atomic mass is 9.93. The lowest BCUT2D eigenvalue weighted by molar-refractivity contribution is 0.0696. The summed E-state index contributed by atoms with van der Waals surface area (Å²) in [5.41, 5.74) is 5.50. The van der Waals surface area contributed by atoms with Gasteiger partial charge < -0.3 is 9.63 Å². The van der Waals surface area contributed by atoms with Crippen molar-refractivity contribution >= 4 is 5.97 Å². The van der Waals surface area contributed by atoms with Crippen molar-refractivity contribution < 1.29 is 18.8 Å². The summed E-state index contributed by atoms with van der Waals surface area (Å²) in [5, 5.41) is 13.4. The Bertz CT molecular complexity index is 1050. The van der Waals surface area contributed by atoms with Gasteiger partial charge in [-0.05, 0) is 87.1 Å². The topological polar surface area (TPSA) is 76.2 Å². The maximum absolute atomic E-state index is 14.9. The van der Waals surface area contributed by atoms with Crippen molar-refractivity contribution in [2.75, 3.05) is 0 Å². The highest BCUT2D eigenvalue weighted by molar-refractivity contribution is 5.92. The summed E-state index contributed by atoms with van der Waals surface area (Å²) in [6, 6.07) is 3.39. The van der Waals surface area contributed by atoms with Gasteiger partial charge in [0, 0.05) is 5.56 Å². The molecular weight excluding hydrogens is 347 g/mol. The average Bonchev–Trinajstić information content (AvgIpc) is 3.09. The van der Waals surface area contributed by atoms with Gasteiger partial charge in [0.05, 0.1) is 11.1 Å². The van der Waals surface area contributed by atoms with E-state index in [1.165, 1.54) is 0 Å². The number of aromatic carboxylic acids is 1. The normalized spacial score (nSPS) is 11.1. The highest BCUT2D eigenvalue weighted by Gasteiger charge is 2.23. The molecular formula is C21H21FN2O3. The smallest absolute Gasteiger partial charge is 0.335 e. The minimum atomic E-state index is -1.02. The monoisotopic (exact) mass is 368 g/mol. The van der Waals surface area contributed by atoms with E-state index in [1.54, 1.807) is 32.9 Å². The second-order valence-corrected chi connectivity index (χ2v) is 6.90. The van der Waals surface area contributed by atoms with Crippen LogP contribution in [0, 0.1) is 47.4 Å². The van der Waals surface area contributed by atoms with Gasteiger partial charge >= 0.3 is 5.97 Å². The van der Waals surface area contributed by atoms with Gasteiger partial charge in [-0.25, -0.2) is 9.18 Å². The molecule has 0 unspecified atom stereocenters. The Morgan fingerprint density at radius 1 is 0.963 bits per heavy atom. The number of halogens is 1. The quantitative estimate of drug-likeness (QED) is 0.697. The second-order valence-electron chi connectivity index (χ2n) is 6.90. The zero-order valence-corrected chi connectivity index (χ0v) is 16.2. The zero-order valence-electron chi connectivity index (χ0n) is 16.2. The third-order valence-corrected chi connectivity index (χ3v) is 5.27. The Morgan fingerprint density at radius 3 is 2.22 bits per heavy atom. The van der Waals surface area contributed by atoms with E-state index in [4.69, 9.17) is 4.52 Å². The van der Waals surface area contributed by atoms with E-state index in [9.17, 15) is 14.3 Å². The van der Waals surface area contributed by atoms with E-state index in [2.05, 4.69) is 10.1 Å². The molecule has 0 amide bonds. The van der Waals surface area contributed by atoms with Crippen molar-refractivity contribution in [3.63, 3.8) is 0 Å². The third-order valence-electron chi connectivity index (χ3n) is 5.27. The fourth-order valence-electron chi connectivity index (χ4n) is 3.27. The van der Waals surface area contributed by atoms with Crippen LogP contribution in [-0.4, -0.2) is 21.2 Å². The van der Waals surface area contributed by atoms with Crippen LogP contribution in [0.5, 0.6) is 0 Å². The summed E-state index contributed by atoms with van der Waals surface area (Å²) in [4.78, 5) is 15.8. The molecule has 0 saturated heterocycles. The van der Waals surface area contributed by atoms with Gasteiger partial charge in [-0.1, -0.05) is 5.16 Å². The summed E-state index contributed by atoms with van der Waals surface area (Å²) < 4.78 is 20.3. The average molecular weight is 368 g/mol. The summed E-state index contributed by atoms with van der Waals surface area (Å²) >= 11 is 0. The van der Waals surface area contributed by atoms with Crippen LogP contribution in [0.25, 0.3) is 22.8 Å². The molecule has 3 aromatic rings. The lowest BCUT2D eigenvalue weighted by Gasteiger charge is -2.13. The fraction of sp³-hybridized carbons (Fsp3) is 0.286. The van der Waals surface area contributed by atoms with Crippen LogP contribution in [0.2, 0.25) is 0 Å². The van der Waals surface area contributed by atoms with Crippen LogP contribution in [0.15, 0.2) is 16.7 Å². The van der Waals surface area contributed by atoms with E-state index in [-0.39, 0.29) is 28.7 Å². The number of aromatic nitrogens is 2. The lowest BCUT2D eigenvalue weighted by Crippen LogP contribution is -2.03. The molecule has 1 aromatic heterocycles. The van der Waals surface area contributed by atoms with Gasteiger partial charge in [0.25, 0.3) is 5.89 Å². The van der Waals surface area contributed by atoms with Gasteiger partial charge in [-0.15, -0.1) is 0 Å². The number of rotatable bonds is 3. The Hall–Kier alpha value is -3.02. The molecule has 0 aliphatic rings. The molecule has 1 N–H and O–H groups in total. The number of carbonyl (C=O) groups is 1. The Labute approximate surface area is 156 Å². The number of carboxylic acids is 1. The van der Waals surface area contributed by atoms with Crippen molar-refractivity contribution in [3.05, 3.63) is 56.9 Å². The van der Waals surface area contributed by atoms with Gasteiger partial charge in [-0.2, -0.15) is 4.98 Å². The Kier molecular flexibility index (Phi) is 4.59. The van der Waals surface area contributed by atoms with E-state index < -0.39 is 5.97 Å². The highest BCUT2D eigenvalue weighted by atomic mass is 19.1. The van der Waals surface area contributed by atoms with Crippen molar-refractivity contribution in [3.8, 4) is 22.8 Å². The second kappa shape index (κ2) is 6.61. The van der Waals surface area contributed by atoms with Crippen molar-refractivity contribution in [2.24, 2.45) is 0 Å². The summed E-state index contributed by atoms with van der Waals surface area (Å²) in [6.45, 7) is 10.9. The summed E-state index contributed by atoms with van der Waals surface area (Å²) in [6.07, 6.45) is 0. The number of benzene rings is 2. The first-order valence-electron chi connectivity index (χ1n) is 8.58. The molecule has 0 spiro atoms. The molecule has 5 nitrogen and oxygen atoms in total. The minimum Gasteiger partial charge on any atom is -0.478 e. The van der Waals surface area contributed by atoms with Gasteiger partial charge in [-0.3, -0.25) is 0 Å². The number of aryl methyl sites for hydroxylation is 1. The fourth-order valence-corrected chi connectivity index (χ4v) is 3.27. The van der Waals surface area contributed by atoms with Crippen LogP contribution < -0.4 is 0 Å². The van der Waals surface area contributed by atoms with Crippen molar-refractivity contribution in [1.82, 2.24) is 10.1 Å². The van der Waals surface area contributed by atoms with Gasteiger partial charge in [0.15, 0.2) is 0 Å². The first kappa shape index (κ1) is 18.8. The molecule has 0 fully saturated rings. The molecule has 0 aliphatic carbocycles. The molecule has 0 saturated carbocycles. The van der Waals surface area contributed by atoms with Gasteiger partial charge in [0.1, 0.15) is 5.82 Å². The molecule has 140 valence electrons. The number of carboxylic acid groups (broad SMARTS) is 1. The first-order valence-corrected chi connectivity index (χ1v) is 8.58. The Balaban J connectivity index is 2.20. The molecule has 1 heterocycles. The van der Waals surface area contributed by atoms with Crippen molar-refractivity contribution in [1.29, 1.82) is 0 Å².